The van der Waals surface area contributed by atoms with E-state index in [0.29, 0.717) is 18.4 Å². The maximum atomic E-state index is 9.29. The molecule has 4 N–H and O–H groups in total. The molecule has 1 aliphatic carbocycles. The zero-order valence-electron chi connectivity index (χ0n) is 12.8. The highest BCUT2D eigenvalue weighted by molar-refractivity contribution is 5.73. The van der Waals surface area contributed by atoms with Crippen LogP contribution in [0.15, 0.2) is 24.3 Å². The highest BCUT2D eigenvalue weighted by atomic mass is 16.5. The summed E-state index contributed by atoms with van der Waals surface area (Å²) in [4.78, 5) is 8.02. The molecule has 0 atom stereocenters. The summed E-state index contributed by atoms with van der Waals surface area (Å²) >= 11 is 0. The zero-order valence-corrected chi connectivity index (χ0v) is 12.8. The van der Waals surface area contributed by atoms with Gasteiger partial charge in [-0.2, -0.15) is 10.2 Å². The van der Waals surface area contributed by atoms with E-state index in [2.05, 4.69) is 9.97 Å². The van der Waals surface area contributed by atoms with Gasteiger partial charge in [-0.25, -0.2) is 4.98 Å². The topological polar surface area (TPSA) is 111 Å². The fourth-order valence-electron chi connectivity index (χ4n) is 2.89. The van der Waals surface area contributed by atoms with Gasteiger partial charge >= 0.3 is 0 Å². The first-order valence-corrected chi connectivity index (χ1v) is 7.71. The van der Waals surface area contributed by atoms with Crippen LogP contribution in [-0.2, 0) is 11.3 Å². The summed E-state index contributed by atoms with van der Waals surface area (Å²) in [7, 11) is 0. The van der Waals surface area contributed by atoms with Crippen molar-refractivity contribution in [2.75, 3.05) is 11.5 Å². The molecule has 1 aromatic heterocycles. The molecule has 3 rings (SSSR count). The maximum Gasteiger partial charge on any atom is 0.222 e. The Morgan fingerprint density at radius 1 is 1.22 bits per heavy atom. The van der Waals surface area contributed by atoms with Crippen LogP contribution in [0.25, 0.3) is 11.3 Å². The Bertz CT molecular complexity index is 747. The van der Waals surface area contributed by atoms with Gasteiger partial charge in [-0.15, -0.1) is 0 Å². The number of benzene rings is 1. The minimum Gasteiger partial charge on any atom is -0.382 e. The maximum absolute atomic E-state index is 9.29. The fraction of sp³-hybridized carbons (Fsp3) is 0.353. The molecule has 0 aliphatic heterocycles. The first kappa shape index (κ1) is 15.3. The SMILES string of the molecule is N#Cc1c(N)nc(N)nc1-c1cccc(COC2CCCC2)c1. The number of nitrogens with zero attached hydrogens (tertiary/aromatic N) is 3. The van der Waals surface area contributed by atoms with Crippen LogP contribution in [0, 0.1) is 11.3 Å². The quantitative estimate of drug-likeness (QED) is 0.898. The van der Waals surface area contributed by atoms with Crippen LogP contribution in [0.2, 0.25) is 0 Å². The molecule has 1 heterocycles. The van der Waals surface area contributed by atoms with Gasteiger partial charge in [0.1, 0.15) is 17.5 Å². The van der Waals surface area contributed by atoms with Gasteiger partial charge < -0.3 is 16.2 Å². The second-order valence-corrected chi connectivity index (χ2v) is 5.72. The predicted octanol–water partition coefficient (Wildman–Crippen LogP) is 2.64. The number of nitriles is 1. The Balaban J connectivity index is 1.86. The van der Waals surface area contributed by atoms with Crippen LogP contribution in [-0.4, -0.2) is 16.1 Å². The lowest BCUT2D eigenvalue weighted by atomic mass is 10.0. The number of aromatic nitrogens is 2. The van der Waals surface area contributed by atoms with E-state index in [-0.39, 0.29) is 17.3 Å². The molecule has 0 amide bonds. The second kappa shape index (κ2) is 6.63. The molecule has 1 fully saturated rings. The molecule has 1 aromatic carbocycles. The first-order valence-electron chi connectivity index (χ1n) is 7.71. The Morgan fingerprint density at radius 2 is 2.00 bits per heavy atom. The van der Waals surface area contributed by atoms with Gasteiger partial charge in [-0.1, -0.05) is 31.0 Å². The monoisotopic (exact) mass is 309 g/mol. The Morgan fingerprint density at radius 3 is 2.74 bits per heavy atom. The fourth-order valence-corrected chi connectivity index (χ4v) is 2.89. The number of nitrogens with two attached hydrogens (primary N) is 2. The van der Waals surface area contributed by atoms with E-state index < -0.39 is 0 Å². The van der Waals surface area contributed by atoms with Crippen molar-refractivity contribution < 1.29 is 4.74 Å². The van der Waals surface area contributed by atoms with Crippen molar-refractivity contribution >= 4 is 11.8 Å². The lowest BCUT2D eigenvalue weighted by Crippen LogP contribution is -2.07. The number of hydrogen-bond donors (Lipinski definition) is 2. The molecule has 0 saturated heterocycles. The smallest absolute Gasteiger partial charge is 0.222 e. The Labute approximate surface area is 135 Å². The van der Waals surface area contributed by atoms with Crippen LogP contribution in [0.5, 0.6) is 0 Å². The summed E-state index contributed by atoms with van der Waals surface area (Å²) in [5, 5.41) is 9.29. The van der Waals surface area contributed by atoms with E-state index in [0.717, 1.165) is 24.0 Å². The van der Waals surface area contributed by atoms with Crippen LogP contribution in [0.3, 0.4) is 0 Å². The molecular weight excluding hydrogens is 290 g/mol. The van der Waals surface area contributed by atoms with Crippen molar-refractivity contribution in [1.29, 1.82) is 5.26 Å². The molecule has 1 aliphatic rings. The molecule has 2 aromatic rings. The van der Waals surface area contributed by atoms with Crippen LogP contribution < -0.4 is 11.5 Å². The van der Waals surface area contributed by atoms with Crippen LogP contribution in [0.4, 0.5) is 11.8 Å². The van der Waals surface area contributed by atoms with Crippen molar-refractivity contribution in [3.63, 3.8) is 0 Å². The van der Waals surface area contributed by atoms with Crippen LogP contribution in [0.1, 0.15) is 36.8 Å². The highest BCUT2D eigenvalue weighted by Gasteiger charge is 2.16. The number of nitrogen functional groups attached to an aromatic ring is 2. The van der Waals surface area contributed by atoms with Gasteiger partial charge in [0.05, 0.1) is 18.4 Å². The van der Waals surface area contributed by atoms with E-state index in [1.165, 1.54) is 12.8 Å². The normalized spacial score (nSPS) is 14.7. The van der Waals surface area contributed by atoms with E-state index >= 15 is 0 Å². The van der Waals surface area contributed by atoms with Gasteiger partial charge in [0, 0.05) is 5.56 Å². The van der Waals surface area contributed by atoms with E-state index in [1.54, 1.807) is 0 Å². The minimum absolute atomic E-state index is 0.0594. The largest absolute Gasteiger partial charge is 0.382 e. The van der Waals surface area contributed by atoms with Crippen molar-refractivity contribution in [1.82, 2.24) is 9.97 Å². The summed E-state index contributed by atoms with van der Waals surface area (Å²) in [6.45, 7) is 0.552. The third-order valence-corrected chi connectivity index (χ3v) is 4.05. The zero-order chi connectivity index (χ0) is 16.2. The van der Waals surface area contributed by atoms with Crippen molar-refractivity contribution in [2.45, 2.75) is 38.4 Å². The summed E-state index contributed by atoms with van der Waals surface area (Å²) in [6.07, 6.45) is 5.12. The summed E-state index contributed by atoms with van der Waals surface area (Å²) < 4.78 is 5.94. The second-order valence-electron chi connectivity index (χ2n) is 5.72. The van der Waals surface area contributed by atoms with Gasteiger partial charge in [-0.05, 0) is 24.5 Å². The third-order valence-electron chi connectivity index (χ3n) is 4.05. The Hall–Kier alpha value is -2.65. The molecular formula is C17H19N5O. The molecule has 0 bridgehead atoms. The van der Waals surface area contributed by atoms with E-state index in [4.69, 9.17) is 16.2 Å². The van der Waals surface area contributed by atoms with E-state index in [9.17, 15) is 5.26 Å². The summed E-state index contributed by atoms with van der Waals surface area (Å²) in [5.41, 5.74) is 14.0. The predicted molar refractivity (Wildman–Crippen MR) is 88.1 cm³/mol. The molecule has 23 heavy (non-hydrogen) atoms. The number of ether oxygens (including phenoxy) is 1. The molecule has 1 saturated carbocycles. The van der Waals surface area contributed by atoms with Gasteiger partial charge in [0.25, 0.3) is 0 Å². The van der Waals surface area contributed by atoms with Crippen molar-refractivity contribution in [3.8, 4) is 17.3 Å². The summed E-state index contributed by atoms with van der Waals surface area (Å²) in [6, 6.07) is 9.79. The van der Waals surface area contributed by atoms with Crippen molar-refractivity contribution in [3.05, 3.63) is 35.4 Å². The average molecular weight is 309 g/mol. The Kier molecular flexibility index (Phi) is 4.40. The molecule has 0 radical (unpaired) electrons. The molecule has 6 nitrogen and oxygen atoms in total. The van der Waals surface area contributed by atoms with Crippen molar-refractivity contribution in [2.24, 2.45) is 0 Å². The molecule has 0 unspecified atom stereocenters. The number of rotatable bonds is 4. The third kappa shape index (κ3) is 3.41. The average Bonchev–Trinajstić information content (AvgIpc) is 3.06. The number of anilines is 2. The first-order chi connectivity index (χ1) is 11.2. The van der Waals surface area contributed by atoms with Gasteiger partial charge in [-0.3, -0.25) is 0 Å². The highest BCUT2D eigenvalue weighted by Crippen LogP contribution is 2.27. The summed E-state index contributed by atoms with van der Waals surface area (Å²) in [5.74, 6) is 0.159. The number of hydrogen-bond acceptors (Lipinski definition) is 6. The molecule has 6 heteroatoms. The minimum atomic E-state index is 0.0594. The molecule has 118 valence electrons. The standard InChI is InChI=1S/C17H19N5O/c18-9-14-15(21-17(20)22-16(14)19)12-5-3-4-11(8-12)10-23-13-6-1-2-7-13/h3-5,8,13H,1-2,6-7,10H2,(H4,19,20,21,22). The lowest BCUT2D eigenvalue weighted by molar-refractivity contribution is 0.0457. The van der Waals surface area contributed by atoms with Gasteiger partial charge in [0.15, 0.2) is 0 Å². The molecule has 0 spiro atoms. The van der Waals surface area contributed by atoms with Crippen LogP contribution >= 0.6 is 0 Å². The van der Waals surface area contributed by atoms with E-state index in [1.807, 2.05) is 30.3 Å². The lowest BCUT2D eigenvalue weighted by Gasteiger charge is -2.12. The van der Waals surface area contributed by atoms with Gasteiger partial charge in [0.2, 0.25) is 5.95 Å².